The molecular weight excluding hydrogens is 544 g/mol. The van der Waals surface area contributed by atoms with Crippen molar-refractivity contribution in [1.29, 1.82) is 0 Å². The summed E-state index contributed by atoms with van der Waals surface area (Å²) in [6.45, 7) is 2.74. The van der Waals surface area contributed by atoms with E-state index in [0.717, 1.165) is 35.8 Å². The van der Waals surface area contributed by atoms with Crippen LogP contribution in [0, 0.1) is 0 Å². The standard InChI is InChI=1S/C30H34N4O4S2/c1-2-38-23-15-8-7-14-22(23)32-26(36)19-39-30-33-27-21-13-6-9-16-24(21)40-28(27)29(37)34(30)18-10-17-25(35)31-20-11-4-3-5-12-20/h6-9,13-16,20H,2-5,10-12,17-19H2,1H3,(H,31,35)(H,32,36). The summed E-state index contributed by atoms with van der Waals surface area (Å²) in [4.78, 5) is 44.0. The quantitative estimate of drug-likeness (QED) is 0.168. The van der Waals surface area contributed by atoms with Gasteiger partial charge in [-0.3, -0.25) is 19.0 Å². The van der Waals surface area contributed by atoms with E-state index in [1.165, 1.54) is 29.5 Å². The molecule has 0 aliphatic heterocycles. The molecule has 0 unspecified atom stereocenters. The first kappa shape index (κ1) is 28.2. The number of anilines is 1. The van der Waals surface area contributed by atoms with Crippen molar-refractivity contribution in [2.24, 2.45) is 0 Å². The van der Waals surface area contributed by atoms with Crippen LogP contribution >= 0.6 is 23.1 Å². The third-order valence-electron chi connectivity index (χ3n) is 7.00. The summed E-state index contributed by atoms with van der Waals surface area (Å²) < 4.78 is 8.82. The van der Waals surface area contributed by atoms with Crippen LogP contribution in [0.1, 0.15) is 51.9 Å². The molecule has 2 amide bonds. The monoisotopic (exact) mass is 578 g/mol. The highest BCUT2D eigenvalue weighted by atomic mass is 32.2. The molecule has 5 rings (SSSR count). The summed E-state index contributed by atoms with van der Waals surface area (Å²) in [5.41, 5.74) is 1.12. The van der Waals surface area contributed by atoms with Gasteiger partial charge >= 0.3 is 0 Å². The molecule has 0 bridgehead atoms. The van der Waals surface area contributed by atoms with E-state index < -0.39 is 0 Å². The molecule has 0 radical (unpaired) electrons. The van der Waals surface area contributed by atoms with Crippen LogP contribution in [0.2, 0.25) is 0 Å². The van der Waals surface area contributed by atoms with Crippen molar-refractivity contribution in [3.05, 3.63) is 58.9 Å². The van der Waals surface area contributed by atoms with Crippen LogP contribution in [0.25, 0.3) is 20.3 Å². The molecule has 4 aromatic rings. The van der Waals surface area contributed by atoms with E-state index in [9.17, 15) is 14.4 Å². The van der Waals surface area contributed by atoms with E-state index >= 15 is 0 Å². The summed E-state index contributed by atoms with van der Waals surface area (Å²) in [6.07, 6.45) is 6.48. The fraction of sp³-hybridized carbons (Fsp3) is 0.400. The van der Waals surface area contributed by atoms with Gasteiger partial charge in [-0.15, -0.1) is 11.3 Å². The SMILES string of the molecule is CCOc1ccccc1NC(=O)CSc1nc2c(sc3ccccc32)c(=O)n1CCCC(=O)NC1CCCCC1. The lowest BCUT2D eigenvalue weighted by atomic mass is 9.95. The topological polar surface area (TPSA) is 102 Å². The van der Waals surface area contributed by atoms with Gasteiger partial charge in [-0.2, -0.15) is 0 Å². The fourth-order valence-corrected chi connectivity index (χ4v) is 6.98. The first-order chi connectivity index (χ1) is 19.5. The second-order valence-electron chi connectivity index (χ2n) is 9.90. The molecule has 1 saturated carbocycles. The molecule has 0 atom stereocenters. The number of benzene rings is 2. The van der Waals surface area contributed by atoms with E-state index in [1.54, 1.807) is 10.6 Å². The van der Waals surface area contributed by atoms with E-state index in [0.29, 0.717) is 52.8 Å². The number of thioether (sulfide) groups is 1. The number of fused-ring (bicyclic) bond motifs is 3. The summed E-state index contributed by atoms with van der Waals surface area (Å²) in [5, 5.41) is 7.46. The lowest BCUT2D eigenvalue weighted by Gasteiger charge is -2.22. The number of para-hydroxylation sites is 2. The Kier molecular flexibility index (Phi) is 9.38. The van der Waals surface area contributed by atoms with Crippen molar-refractivity contribution in [3.8, 4) is 5.75 Å². The van der Waals surface area contributed by atoms with Crippen LogP contribution in [0.5, 0.6) is 5.75 Å². The minimum Gasteiger partial charge on any atom is -0.492 e. The van der Waals surface area contributed by atoms with E-state index in [4.69, 9.17) is 9.72 Å². The first-order valence-corrected chi connectivity index (χ1v) is 15.7. The van der Waals surface area contributed by atoms with Gasteiger partial charge in [-0.05, 0) is 44.4 Å². The number of hydrogen-bond acceptors (Lipinski definition) is 7. The zero-order valence-corrected chi connectivity index (χ0v) is 24.2. The Hall–Kier alpha value is -3.37. The highest BCUT2D eigenvalue weighted by Crippen LogP contribution is 2.32. The van der Waals surface area contributed by atoms with Gasteiger partial charge in [-0.25, -0.2) is 4.98 Å². The number of hydrogen-bond donors (Lipinski definition) is 2. The van der Waals surface area contributed by atoms with E-state index in [-0.39, 0.29) is 29.2 Å². The maximum absolute atomic E-state index is 13.7. The van der Waals surface area contributed by atoms with Gasteiger partial charge in [0.1, 0.15) is 10.4 Å². The van der Waals surface area contributed by atoms with Crippen molar-refractivity contribution in [2.45, 2.75) is 69.6 Å². The van der Waals surface area contributed by atoms with Crippen LogP contribution in [-0.4, -0.2) is 39.8 Å². The average molecular weight is 579 g/mol. The van der Waals surface area contributed by atoms with Crippen molar-refractivity contribution in [2.75, 3.05) is 17.7 Å². The second kappa shape index (κ2) is 13.3. The number of amides is 2. The van der Waals surface area contributed by atoms with Gasteiger partial charge in [0, 0.05) is 29.1 Å². The molecule has 0 saturated heterocycles. The lowest BCUT2D eigenvalue weighted by Crippen LogP contribution is -2.36. The number of nitrogens with one attached hydrogen (secondary N) is 2. The Morgan fingerprint density at radius 1 is 1.07 bits per heavy atom. The number of ether oxygens (including phenoxy) is 1. The van der Waals surface area contributed by atoms with Crippen molar-refractivity contribution >= 4 is 60.9 Å². The van der Waals surface area contributed by atoms with E-state index in [1.807, 2.05) is 49.4 Å². The van der Waals surface area contributed by atoms with E-state index in [2.05, 4.69) is 10.6 Å². The summed E-state index contributed by atoms with van der Waals surface area (Å²) in [7, 11) is 0. The largest absolute Gasteiger partial charge is 0.492 e. The highest BCUT2D eigenvalue weighted by Gasteiger charge is 2.19. The normalized spacial score (nSPS) is 13.9. The van der Waals surface area contributed by atoms with Crippen molar-refractivity contribution in [3.63, 3.8) is 0 Å². The number of nitrogens with zero attached hydrogens (tertiary/aromatic N) is 2. The molecule has 8 nitrogen and oxygen atoms in total. The van der Waals surface area contributed by atoms with Gasteiger partial charge in [0.05, 0.1) is 23.6 Å². The van der Waals surface area contributed by atoms with Gasteiger partial charge in [0.2, 0.25) is 11.8 Å². The molecule has 0 spiro atoms. The number of rotatable bonds is 11. The Morgan fingerprint density at radius 3 is 2.67 bits per heavy atom. The Labute approximate surface area is 241 Å². The molecule has 210 valence electrons. The third-order valence-corrected chi connectivity index (χ3v) is 9.12. The number of carbonyl (C=O) groups excluding carboxylic acids is 2. The molecule has 2 aromatic carbocycles. The molecule has 2 aromatic heterocycles. The molecular formula is C30H34N4O4S2. The molecule has 2 heterocycles. The molecule has 10 heteroatoms. The van der Waals surface area contributed by atoms with Crippen molar-refractivity contribution in [1.82, 2.24) is 14.9 Å². The molecule has 2 N–H and O–H groups in total. The Bertz CT molecular complexity index is 1560. The smallest absolute Gasteiger partial charge is 0.272 e. The average Bonchev–Trinajstić information content (AvgIpc) is 3.34. The first-order valence-electron chi connectivity index (χ1n) is 13.9. The number of carbonyl (C=O) groups is 2. The predicted octanol–water partition coefficient (Wildman–Crippen LogP) is 5.97. The minimum atomic E-state index is -0.222. The van der Waals surface area contributed by atoms with Crippen LogP contribution in [0.4, 0.5) is 5.69 Å². The summed E-state index contributed by atoms with van der Waals surface area (Å²) in [6, 6.07) is 15.4. The predicted molar refractivity (Wildman–Crippen MR) is 163 cm³/mol. The summed E-state index contributed by atoms with van der Waals surface area (Å²) >= 11 is 2.65. The molecule has 1 aliphatic carbocycles. The van der Waals surface area contributed by atoms with Crippen LogP contribution in [0.3, 0.4) is 0 Å². The van der Waals surface area contributed by atoms with Crippen LogP contribution in [0.15, 0.2) is 58.5 Å². The number of aromatic nitrogens is 2. The van der Waals surface area contributed by atoms with Crippen LogP contribution < -0.4 is 20.9 Å². The maximum Gasteiger partial charge on any atom is 0.272 e. The molecule has 1 fully saturated rings. The van der Waals surface area contributed by atoms with Gasteiger partial charge in [-0.1, -0.05) is 61.4 Å². The lowest BCUT2D eigenvalue weighted by molar-refractivity contribution is -0.122. The molecule has 1 aliphatic rings. The van der Waals surface area contributed by atoms with Crippen molar-refractivity contribution < 1.29 is 14.3 Å². The number of thiophene rings is 1. The Morgan fingerprint density at radius 2 is 1.85 bits per heavy atom. The zero-order valence-electron chi connectivity index (χ0n) is 22.6. The second-order valence-corrected chi connectivity index (χ2v) is 11.9. The maximum atomic E-state index is 13.7. The zero-order chi connectivity index (χ0) is 27.9. The van der Waals surface area contributed by atoms with Gasteiger partial charge < -0.3 is 15.4 Å². The van der Waals surface area contributed by atoms with Gasteiger partial charge in [0.15, 0.2) is 5.16 Å². The fourth-order valence-electron chi connectivity index (χ4n) is 5.07. The third kappa shape index (κ3) is 6.67. The van der Waals surface area contributed by atoms with Crippen LogP contribution in [-0.2, 0) is 16.1 Å². The molecule has 40 heavy (non-hydrogen) atoms. The Balaban J connectivity index is 1.33. The highest BCUT2D eigenvalue weighted by molar-refractivity contribution is 7.99. The summed E-state index contributed by atoms with van der Waals surface area (Å²) in [5.74, 6) is 0.483. The van der Waals surface area contributed by atoms with Gasteiger partial charge in [0.25, 0.3) is 5.56 Å². The minimum absolute atomic E-state index is 0.0254.